The van der Waals surface area contributed by atoms with Crippen molar-refractivity contribution in [1.82, 2.24) is 10.0 Å². The highest BCUT2D eigenvalue weighted by atomic mass is 32.2. The second-order valence-corrected chi connectivity index (χ2v) is 7.49. The Morgan fingerprint density at radius 1 is 1.04 bits per heavy atom. The van der Waals surface area contributed by atoms with Crippen LogP contribution < -0.4 is 14.9 Å². The summed E-state index contributed by atoms with van der Waals surface area (Å²) in [6, 6.07) is 10.9. The monoisotopic (exact) mass is 349 g/mol. The summed E-state index contributed by atoms with van der Waals surface area (Å²) >= 11 is 0. The van der Waals surface area contributed by atoms with E-state index >= 15 is 0 Å². The van der Waals surface area contributed by atoms with Gasteiger partial charge in [-0.1, -0.05) is 24.3 Å². The molecule has 1 amide bonds. The van der Waals surface area contributed by atoms with E-state index < -0.39 is 10.0 Å². The molecule has 6 nitrogen and oxygen atoms in total. The Hall–Kier alpha value is -2.12. The lowest BCUT2D eigenvalue weighted by atomic mass is 10.1. The number of amides is 1. The lowest BCUT2D eigenvalue weighted by molar-refractivity contribution is -0.118. The molecule has 130 valence electrons. The molecule has 0 spiro atoms. The number of hydrogen-bond donors (Lipinski definition) is 2. The summed E-state index contributed by atoms with van der Waals surface area (Å²) in [5, 5.41) is 4.23. The van der Waals surface area contributed by atoms with Crippen LogP contribution in [0, 0.1) is 0 Å². The first-order chi connectivity index (χ1) is 11.3. The molecule has 0 bridgehead atoms. The van der Waals surface area contributed by atoms with E-state index in [1.807, 2.05) is 43.3 Å². The van der Waals surface area contributed by atoms with Crippen LogP contribution in [0.4, 0.5) is 5.69 Å². The summed E-state index contributed by atoms with van der Waals surface area (Å²) in [6.45, 7) is 2.15. The molecule has 2 aromatic carbocycles. The van der Waals surface area contributed by atoms with Gasteiger partial charge >= 0.3 is 0 Å². The summed E-state index contributed by atoms with van der Waals surface area (Å²) in [5.41, 5.74) is 0.968. The van der Waals surface area contributed by atoms with Crippen LogP contribution in [0.3, 0.4) is 0 Å². The van der Waals surface area contributed by atoms with Crippen LogP contribution >= 0.6 is 0 Å². The van der Waals surface area contributed by atoms with E-state index in [0.29, 0.717) is 18.4 Å². The number of carbonyl (C=O) groups excluding carboxylic acids is 1. The van der Waals surface area contributed by atoms with Crippen LogP contribution in [0.15, 0.2) is 41.3 Å². The van der Waals surface area contributed by atoms with Crippen LogP contribution in [-0.2, 0) is 14.8 Å². The third kappa shape index (κ3) is 4.24. The maximum absolute atomic E-state index is 12.6. The molecule has 0 radical (unpaired) electrons. The van der Waals surface area contributed by atoms with Gasteiger partial charge in [-0.05, 0) is 18.6 Å². The summed E-state index contributed by atoms with van der Waals surface area (Å²) in [7, 11) is 0.242. The van der Waals surface area contributed by atoms with Crippen LogP contribution in [0.2, 0.25) is 0 Å². The zero-order valence-corrected chi connectivity index (χ0v) is 15.0. The van der Waals surface area contributed by atoms with Crippen molar-refractivity contribution in [3.05, 3.63) is 36.4 Å². The van der Waals surface area contributed by atoms with Crippen molar-refractivity contribution in [2.75, 3.05) is 32.1 Å². The highest BCUT2D eigenvalue weighted by Gasteiger charge is 2.17. The number of rotatable bonds is 7. The quantitative estimate of drug-likeness (QED) is 0.746. The Morgan fingerprint density at radius 3 is 2.38 bits per heavy atom. The number of fused-ring (bicyclic) bond motifs is 1. The summed E-state index contributed by atoms with van der Waals surface area (Å²) in [5.74, 6) is -0.122. The van der Waals surface area contributed by atoms with Gasteiger partial charge in [-0.2, -0.15) is 0 Å². The fourth-order valence-corrected chi connectivity index (χ4v) is 3.82. The van der Waals surface area contributed by atoms with Crippen molar-refractivity contribution < 1.29 is 13.2 Å². The first-order valence-corrected chi connectivity index (χ1v) is 9.24. The van der Waals surface area contributed by atoms with E-state index in [1.165, 1.54) is 6.92 Å². The summed E-state index contributed by atoms with van der Waals surface area (Å²) < 4.78 is 27.8. The average Bonchev–Trinajstić information content (AvgIpc) is 2.52. The molecule has 24 heavy (non-hydrogen) atoms. The van der Waals surface area contributed by atoms with Crippen molar-refractivity contribution >= 4 is 32.4 Å². The normalized spacial score (nSPS) is 11.5. The van der Waals surface area contributed by atoms with Crippen LogP contribution in [0.25, 0.3) is 10.8 Å². The molecule has 0 saturated carbocycles. The zero-order valence-electron chi connectivity index (χ0n) is 14.2. The van der Waals surface area contributed by atoms with Gasteiger partial charge in [0, 0.05) is 50.6 Å². The fraction of sp³-hybridized carbons (Fsp3) is 0.353. The largest absolute Gasteiger partial charge is 0.377 e. The minimum Gasteiger partial charge on any atom is -0.377 e. The number of nitrogens with zero attached hydrogens (tertiary/aromatic N) is 1. The summed E-state index contributed by atoms with van der Waals surface area (Å²) in [4.78, 5) is 13.0. The Kier molecular flexibility index (Phi) is 5.80. The minimum absolute atomic E-state index is 0.122. The zero-order chi connectivity index (χ0) is 17.7. The third-order valence-corrected chi connectivity index (χ3v) is 5.17. The van der Waals surface area contributed by atoms with Crippen molar-refractivity contribution in [2.24, 2.45) is 0 Å². The molecular weight excluding hydrogens is 326 g/mol. The molecule has 0 atom stereocenters. The van der Waals surface area contributed by atoms with E-state index in [2.05, 4.69) is 10.0 Å². The second kappa shape index (κ2) is 7.63. The van der Waals surface area contributed by atoms with Gasteiger partial charge in [-0.25, -0.2) is 13.1 Å². The number of sulfonamides is 1. The predicted octanol–water partition coefficient (Wildman–Crippen LogP) is 1.71. The first kappa shape index (κ1) is 18.2. The number of anilines is 1. The van der Waals surface area contributed by atoms with Crippen molar-refractivity contribution in [3.8, 4) is 0 Å². The molecule has 0 aliphatic rings. The standard InChI is InChI=1S/C17H23N3O3S/c1-13(21)18-11-6-12-19-24(22,23)17-10-5-7-14-15(17)8-4-9-16(14)20(2)3/h4-5,7-10,19H,6,11-12H2,1-3H3,(H,18,21). The van der Waals surface area contributed by atoms with Gasteiger partial charge in [0.2, 0.25) is 15.9 Å². The molecule has 2 N–H and O–H groups in total. The van der Waals surface area contributed by atoms with Crippen LogP contribution in [0.5, 0.6) is 0 Å². The van der Waals surface area contributed by atoms with Gasteiger partial charge in [0.25, 0.3) is 0 Å². The fourth-order valence-electron chi connectivity index (χ4n) is 2.53. The van der Waals surface area contributed by atoms with E-state index in [4.69, 9.17) is 0 Å². The molecule has 0 aliphatic carbocycles. The molecule has 0 fully saturated rings. The Morgan fingerprint density at radius 2 is 1.71 bits per heavy atom. The lowest BCUT2D eigenvalue weighted by Crippen LogP contribution is -2.29. The number of nitrogens with one attached hydrogen (secondary N) is 2. The third-order valence-electron chi connectivity index (χ3n) is 3.65. The average molecular weight is 349 g/mol. The van der Waals surface area contributed by atoms with E-state index in [-0.39, 0.29) is 17.3 Å². The van der Waals surface area contributed by atoms with Gasteiger partial charge in [0.15, 0.2) is 0 Å². The van der Waals surface area contributed by atoms with Gasteiger partial charge in [0.1, 0.15) is 0 Å². The second-order valence-electron chi connectivity index (χ2n) is 5.76. The molecule has 0 unspecified atom stereocenters. The SMILES string of the molecule is CC(=O)NCCCNS(=O)(=O)c1cccc2c(N(C)C)cccc12. The Balaban J connectivity index is 2.24. The molecule has 7 heteroatoms. The highest BCUT2D eigenvalue weighted by Crippen LogP contribution is 2.29. The van der Waals surface area contributed by atoms with E-state index in [9.17, 15) is 13.2 Å². The molecule has 0 aromatic heterocycles. The molecule has 0 saturated heterocycles. The van der Waals surface area contributed by atoms with Crippen molar-refractivity contribution in [1.29, 1.82) is 0 Å². The minimum atomic E-state index is -3.61. The van der Waals surface area contributed by atoms with Gasteiger partial charge < -0.3 is 10.2 Å². The molecule has 2 aromatic rings. The maximum atomic E-state index is 12.6. The number of carbonyl (C=O) groups is 1. The smallest absolute Gasteiger partial charge is 0.241 e. The number of benzene rings is 2. The van der Waals surface area contributed by atoms with Crippen molar-refractivity contribution in [2.45, 2.75) is 18.2 Å². The van der Waals surface area contributed by atoms with Crippen LogP contribution in [-0.4, -0.2) is 41.5 Å². The molecule has 2 rings (SSSR count). The van der Waals surface area contributed by atoms with E-state index in [1.54, 1.807) is 12.1 Å². The summed E-state index contributed by atoms with van der Waals surface area (Å²) in [6.07, 6.45) is 0.534. The maximum Gasteiger partial charge on any atom is 0.241 e. The molecular formula is C17H23N3O3S. The molecule has 0 heterocycles. The van der Waals surface area contributed by atoms with Crippen LogP contribution in [0.1, 0.15) is 13.3 Å². The topological polar surface area (TPSA) is 78.5 Å². The lowest BCUT2D eigenvalue weighted by Gasteiger charge is -2.17. The van der Waals surface area contributed by atoms with E-state index in [0.717, 1.165) is 11.1 Å². The van der Waals surface area contributed by atoms with Gasteiger partial charge in [-0.3, -0.25) is 4.79 Å². The van der Waals surface area contributed by atoms with Crippen molar-refractivity contribution in [3.63, 3.8) is 0 Å². The first-order valence-electron chi connectivity index (χ1n) is 7.76. The molecule has 0 aliphatic heterocycles. The number of hydrogen-bond acceptors (Lipinski definition) is 4. The Bertz CT molecular complexity index is 832. The van der Waals surface area contributed by atoms with Gasteiger partial charge in [0.05, 0.1) is 4.90 Å². The van der Waals surface area contributed by atoms with Gasteiger partial charge in [-0.15, -0.1) is 0 Å². The predicted molar refractivity (Wildman–Crippen MR) is 96.8 cm³/mol. The Labute approximate surface area is 142 Å². The highest BCUT2D eigenvalue weighted by molar-refractivity contribution is 7.89.